The minimum atomic E-state index is -0.688. The van der Waals surface area contributed by atoms with E-state index < -0.39 is 11.5 Å². The number of amides is 2. The fourth-order valence-corrected chi connectivity index (χ4v) is 3.17. The summed E-state index contributed by atoms with van der Waals surface area (Å²) in [6.45, 7) is 11.7. The highest BCUT2D eigenvalue weighted by Gasteiger charge is 2.31. The molecule has 0 fully saturated rings. The summed E-state index contributed by atoms with van der Waals surface area (Å²) >= 11 is 5.87. The van der Waals surface area contributed by atoms with Gasteiger partial charge in [-0.25, -0.2) is 4.79 Å². The van der Waals surface area contributed by atoms with Crippen LogP contribution in [-0.4, -0.2) is 30.9 Å². The SMILES string of the molecule is COC(=O)C=CCCCC=C(C)C=CC=CC(=O)NC(C(=O)NC=CCC(C)CC=C(C)Cl)C(C)(C)C. The highest BCUT2D eigenvalue weighted by Crippen LogP contribution is 2.19. The summed E-state index contributed by atoms with van der Waals surface area (Å²) in [6.07, 6.45) is 21.9. The summed E-state index contributed by atoms with van der Waals surface area (Å²) in [6, 6.07) is -0.688. The average molecular weight is 533 g/mol. The van der Waals surface area contributed by atoms with Crippen LogP contribution in [0.15, 0.2) is 71.5 Å². The van der Waals surface area contributed by atoms with Crippen molar-refractivity contribution in [2.75, 3.05) is 7.11 Å². The highest BCUT2D eigenvalue weighted by atomic mass is 35.5. The van der Waals surface area contributed by atoms with Gasteiger partial charge in [-0.15, -0.1) is 0 Å². The lowest BCUT2D eigenvalue weighted by Gasteiger charge is -2.29. The van der Waals surface area contributed by atoms with Gasteiger partial charge in [0.1, 0.15) is 6.04 Å². The monoisotopic (exact) mass is 532 g/mol. The summed E-state index contributed by atoms with van der Waals surface area (Å²) in [4.78, 5) is 36.2. The number of ether oxygens (including phenoxy) is 1. The fourth-order valence-electron chi connectivity index (χ4n) is 3.08. The van der Waals surface area contributed by atoms with Gasteiger partial charge in [-0.1, -0.05) is 87.4 Å². The van der Waals surface area contributed by atoms with Crippen LogP contribution in [0.4, 0.5) is 0 Å². The molecule has 6 nitrogen and oxygen atoms in total. The molecule has 0 aliphatic rings. The third-order valence-corrected chi connectivity index (χ3v) is 5.47. The second-order valence-corrected chi connectivity index (χ2v) is 10.7. The van der Waals surface area contributed by atoms with Crippen molar-refractivity contribution < 1.29 is 19.1 Å². The van der Waals surface area contributed by atoms with E-state index in [0.29, 0.717) is 5.92 Å². The molecule has 0 aromatic rings. The van der Waals surface area contributed by atoms with E-state index in [4.69, 9.17) is 11.6 Å². The first kappa shape index (κ1) is 34.1. The van der Waals surface area contributed by atoms with Gasteiger partial charge in [0.05, 0.1) is 7.11 Å². The number of hydrogen-bond acceptors (Lipinski definition) is 4. The molecule has 2 atom stereocenters. The minimum absolute atomic E-state index is 0.259. The molecule has 0 bridgehead atoms. The van der Waals surface area contributed by atoms with Crippen molar-refractivity contribution in [3.63, 3.8) is 0 Å². The number of allylic oxidation sites excluding steroid dienone is 9. The topological polar surface area (TPSA) is 84.5 Å². The zero-order chi connectivity index (χ0) is 28.3. The maximum absolute atomic E-state index is 12.7. The lowest BCUT2D eigenvalue weighted by molar-refractivity contribution is -0.134. The maximum Gasteiger partial charge on any atom is 0.330 e. The van der Waals surface area contributed by atoms with E-state index in [9.17, 15) is 14.4 Å². The summed E-state index contributed by atoms with van der Waals surface area (Å²) in [5, 5.41) is 6.38. The molecular formula is C30H45ClN2O4. The number of nitrogens with one attached hydrogen (secondary N) is 2. The number of hydrogen-bond donors (Lipinski definition) is 2. The zero-order valence-electron chi connectivity index (χ0n) is 23.5. The molecule has 0 rings (SSSR count). The van der Waals surface area contributed by atoms with Gasteiger partial charge in [0, 0.05) is 17.2 Å². The van der Waals surface area contributed by atoms with Gasteiger partial charge in [0.2, 0.25) is 11.8 Å². The van der Waals surface area contributed by atoms with Crippen LogP contribution in [0.5, 0.6) is 0 Å². The summed E-state index contributed by atoms with van der Waals surface area (Å²) in [7, 11) is 1.36. The molecule has 0 saturated carbocycles. The highest BCUT2D eigenvalue weighted by molar-refractivity contribution is 6.29. The number of unbranched alkanes of at least 4 members (excludes halogenated alkanes) is 2. The van der Waals surface area contributed by atoms with Crippen LogP contribution in [0, 0.1) is 11.3 Å². The van der Waals surface area contributed by atoms with Crippen molar-refractivity contribution in [2.45, 2.75) is 79.7 Å². The Kier molecular flexibility index (Phi) is 17.8. The van der Waals surface area contributed by atoms with Crippen molar-refractivity contribution in [3.05, 3.63) is 71.5 Å². The Morgan fingerprint density at radius 2 is 1.62 bits per heavy atom. The maximum atomic E-state index is 12.7. The van der Waals surface area contributed by atoms with E-state index >= 15 is 0 Å². The number of esters is 1. The van der Waals surface area contributed by atoms with E-state index in [0.717, 1.165) is 42.7 Å². The summed E-state index contributed by atoms with van der Waals surface area (Å²) in [5.41, 5.74) is 0.613. The molecule has 37 heavy (non-hydrogen) atoms. The Labute approximate surface area is 228 Å². The Balaban J connectivity index is 4.69. The minimum Gasteiger partial charge on any atom is -0.466 e. The first-order valence-corrected chi connectivity index (χ1v) is 13.1. The summed E-state index contributed by atoms with van der Waals surface area (Å²) < 4.78 is 4.55. The standard InChI is InChI=1S/C30H45ClN2O4/c1-23(15-10-8-9-11-19-27(35)37-7)16-12-13-18-26(34)33-28(30(4,5)6)29(36)32-22-14-17-24(2)20-21-25(3)31/h11-16,18-19,21-22,24,28H,8-10,17,20H2,1-7H3,(H,32,36)(H,33,34). The Morgan fingerprint density at radius 1 is 0.946 bits per heavy atom. The van der Waals surface area contributed by atoms with Gasteiger partial charge in [0.25, 0.3) is 0 Å². The van der Waals surface area contributed by atoms with Crippen molar-refractivity contribution >= 4 is 29.4 Å². The number of carbonyl (C=O) groups excluding carboxylic acids is 3. The Bertz CT molecular complexity index is 901. The van der Waals surface area contributed by atoms with Gasteiger partial charge < -0.3 is 15.4 Å². The molecule has 0 aliphatic carbocycles. The number of halogens is 1. The molecule has 206 valence electrons. The molecule has 0 radical (unpaired) electrons. The molecule has 0 spiro atoms. The van der Waals surface area contributed by atoms with Crippen LogP contribution in [0.1, 0.15) is 73.6 Å². The normalized spacial score (nSPS) is 15.0. The van der Waals surface area contributed by atoms with Crippen molar-refractivity contribution in [1.29, 1.82) is 0 Å². The average Bonchev–Trinajstić information content (AvgIpc) is 2.82. The van der Waals surface area contributed by atoms with E-state index in [1.54, 1.807) is 24.4 Å². The van der Waals surface area contributed by atoms with Crippen LogP contribution in [0.25, 0.3) is 0 Å². The van der Waals surface area contributed by atoms with Crippen LogP contribution in [0.2, 0.25) is 0 Å². The molecule has 0 aromatic heterocycles. The second-order valence-electron chi connectivity index (χ2n) is 10.1. The number of rotatable bonds is 15. The molecule has 0 heterocycles. The van der Waals surface area contributed by atoms with Gasteiger partial charge in [-0.3, -0.25) is 9.59 Å². The molecule has 0 aromatic carbocycles. The number of carbonyl (C=O) groups is 3. The van der Waals surface area contributed by atoms with Gasteiger partial charge >= 0.3 is 5.97 Å². The van der Waals surface area contributed by atoms with Crippen LogP contribution in [0.3, 0.4) is 0 Å². The van der Waals surface area contributed by atoms with Crippen molar-refractivity contribution in [1.82, 2.24) is 10.6 Å². The van der Waals surface area contributed by atoms with E-state index in [-0.39, 0.29) is 17.8 Å². The predicted octanol–water partition coefficient (Wildman–Crippen LogP) is 6.66. The lowest BCUT2D eigenvalue weighted by atomic mass is 9.86. The predicted molar refractivity (Wildman–Crippen MR) is 154 cm³/mol. The Hall–Kier alpha value is -2.86. The molecule has 0 saturated heterocycles. The Morgan fingerprint density at radius 3 is 2.24 bits per heavy atom. The largest absolute Gasteiger partial charge is 0.466 e. The van der Waals surface area contributed by atoms with E-state index in [2.05, 4.69) is 28.4 Å². The van der Waals surface area contributed by atoms with Gasteiger partial charge in [-0.2, -0.15) is 0 Å². The third-order valence-electron chi connectivity index (χ3n) is 5.31. The summed E-state index contributed by atoms with van der Waals surface area (Å²) in [5.74, 6) is -0.527. The molecule has 2 amide bonds. The number of methoxy groups -OCH3 is 1. The van der Waals surface area contributed by atoms with Crippen LogP contribution < -0.4 is 10.6 Å². The van der Waals surface area contributed by atoms with Crippen LogP contribution in [-0.2, 0) is 19.1 Å². The molecular weight excluding hydrogens is 488 g/mol. The first-order chi connectivity index (χ1) is 17.4. The molecule has 2 N–H and O–H groups in total. The van der Waals surface area contributed by atoms with Crippen molar-refractivity contribution in [2.24, 2.45) is 11.3 Å². The lowest BCUT2D eigenvalue weighted by Crippen LogP contribution is -2.52. The van der Waals surface area contributed by atoms with Gasteiger partial charge in [0.15, 0.2) is 0 Å². The smallest absolute Gasteiger partial charge is 0.330 e. The molecule has 7 heteroatoms. The van der Waals surface area contributed by atoms with E-state index in [1.165, 1.54) is 19.3 Å². The first-order valence-electron chi connectivity index (χ1n) is 12.7. The fraction of sp³-hybridized carbons (Fsp3) is 0.500. The zero-order valence-corrected chi connectivity index (χ0v) is 24.2. The van der Waals surface area contributed by atoms with Crippen LogP contribution >= 0.6 is 11.6 Å². The quantitative estimate of drug-likeness (QED) is 0.107. The van der Waals surface area contributed by atoms with Gasteiger partial charge in [-0.05, 0) is 63.5 Å². The molecule has 2 unspecified atom stereocenters. The van der Waals surface area contributed by atoms with Crippen molar-refractivity contribution in [3.8, 4) is 0 Å². The van der Waals surface area contributed by atoms with E-state index in [1.807, 2.05) is 52.8 Å². The third kappa shape index (κ3) is 19.0. The second kappa shape index (κ2) is 19.3. The molecule has 0 aliphatic heterocycles.